The van der Waals surface area contributed by atoms with Crippen molar-refractivity contribution in [3.05, 3.63) is 24.4 Å². The lowest BCUT2D eigenvalue weighted by Gasteiger charge is -1.98. The number of halogens is 1. The van der Waals surface area contributed by atoms with Crippen molar-refractivity contribution in [2.24, 2.45) is 0 Å². The molecule has 0 amide bonds. The normalized spacial score (nSPS) is 20.4. The molecule has 1 saturated heterocycles. The van der Waals surface area contributed by atoms with E-state index in [1.54, 1.807) is 6.08 Å². The fourth-order valence-electron chi connectivity index (χ4n) is 1.51. The summed E-state index contributed by atoms with van der Waals surface area (Å²) in [6.45, 7) is 5.63. The van der Waals surface area contributed by atoms with Crippen molar-refractivity contribution in [1.82, 2.24) is 15.5 Å². The van der Waals surface area contributed by atoms with Crippen LogP contribution >= 0.6 is 12.4 Å². The van der Waals surface area contributed by atoms with Crippen molar-refractivity contribution < 1.29 is 4.52 Å². The van der Waals surface area contributed by atoms with Crippen LogP contribution in [0, 0.1) is 0 Å². The Bertz CT molecular complexity index is 294. The molecule has 1 unspecified atom stereocenters. The molecule has 0 aliphatic carbocycles. The molecule has 0 spiro atoms. The monoisotopic (exact) mass is 215 g/mol. The minimum absolute atomic E-state index is 0. The average Bonchev–Trinajstić information content (AvgIpc) is 2.70. The third-order valence-corrected chi connectivity index (χ3v) is 2.22. The second kappa shape index (κ2) is 5.12. The van der Waals surface area contributed by atoms with E-state index < -0.39 is 0 Å². The number of nitrogens with zero attached hydrogens (tertiary/aromatic N) is 2. The highest BCUT2D eigenvalue weighted by Crippen LogP contribution is 2.20. The van der Waals surface area contributed by atoms with Crippen LogP contribution in [0.15, 0.2) is 17.2 Å². The van der Waals surface area contributed by atoms with Gasteiger partial charge in [0.1, 0.15) is 0 Å². The van der Waals surface area contributed by atoms with Crippen molar-refractivity contribution in [1.29, 1.82) is 0 Å². The van der Waals surface area contributed by atoms with E-state index in [0.29, 0.717) is 12.3 Å². The molecule has 5 heteroatoms. The zero-order valence-corrected chi connectivity index (χ0v) is 8.72. The highest BCUT2D eigenvalue weighted by atomic mass is 35.5. The van der Waals surface area contributed by atoms with E-state index in [0.717, 1.165) is 31.2 Å². The first-order valence-electron chi connectivity index (χ1n) is 4.54. The quantitative estimate of drug-likeness (QED) is 0.773. The summed E-state index contributed by atoms with van der Waals surface area (Å²) < 4.78 is 5.15. The molecule has 1 aliphatic rings. The van der Waals surface area contributed by atoms with Gasteiger partial charge in [0.15, 0.2) is 5.82 Å². The van der Waals surface area contributed by atoms with E-state index in [4.69, 9.17) is 4.52 Å². The van der Waals surface area contributed by atoms with Crippen molar-refractivity contribution in [2.75, 3.05) is 13.1 Å². The number of hydrogen-bond donors (Lipinski definition) is 1. The maximum atomic E-state index is 5.15. The number of rotatable bonds is 3. The molecule has 2 heterocycles. The fourth-order valence-corrected chi connectivity index (χ4v) is 1.51. The summed E-state index contributed by atoms with van der Waals surface area (Å²) in [6, 6.07) is 0. The van der Waals surface area contributed by atoms with E-state index in [2.05, 4.69) is 22.0 Å². The van der Waals surface area contributed by atoms with Crippen LogP contribution in [-0.2, 0) is 6.42 Å². The number of hydrogen-bond acceptors (Lipinski definition) is 4. The molecule has 0 aromatic carbocycles. The summed E-state index contributed by atoms with van der Waals surface area (Å²) in [5.74, 6) is 1.91. The van der Waals surface area contributed by atoms with Crippen LogP contribution in [-0.4, -0.2) is 23.2 Å². The molecule has 1 atom stereocenters. The van der Waals surface area contributed by atoms with E-state index in [1.807, 2.05) is 0 Å². The van der Waals surface area contributed by atoms with Crippen molar-refractivity contribution in [2.45, 2.75) is 18.8 Å². The Balaban J connectivity index is 0.000000980. The maximum absolute atomic E-state index is 5.15. The average molecular weight is 216 g/mol. The molecule has 0 radical (unpaired) electrons. The Labute approximate surface area is 89.2 Å². The number of aromatic nitrogens is 2. The number of nitrogens with one attached hydrogen (secondary N) is 1. The van der Waals surface area contributed by atoms with Gasteiger partial charge < -0.3 is 9.84 Å². The topological polar surface area (TPSA) is 51.0 Å². The molecular formula is C9H14ClN3O. The first kappa shape index (κ1) is 11.2. The molecular weight excluding hydrogens is 202 g/mol. The van der Waals surface area contributed by atoms with Crippen LogP contribution in [0.2, 0.25) is 0 Å². The zero-order valence-electron chi connectivity index (χ0n) is 7.90. The Kier molecular flexibility index (Phi) is 4.10. The first-order chi connectivity index (χ1) is 6.40. The third-order valence-electron chi connectivity index (χ3n) is 2.22. The predicted molar refractivity (Wildman–Crippen MR) is 55.7 cm³/mol. The minimum Gasteiger partial charge on any atom is -0.339 e. The van der Waals surface area contributed by atoms with E-state index in [1.165, 1.54) is 0 Å². The van der Waals surface area contributed by atoms with Crippen LogP contribution in [0.4, 0.5) is 0 Å². The lowest BCUT2D eigenvalue weighted by Crippen LogP contribution is -2.08. The van der Waals surface area contributed by atoms with Gasteiger partial charge in [-0.25, -0.2) is 0 Å². The van der Waals surface area contributed by atoms with Crippen LogP contribution in [0.3, 0.4) is 0 Å². The Morgan fingerprint density at radius 2 is 2.50 bits per heavy atom. The van der Waals surface area contributed by atoms with Crippen molar-refractivity contribution in [3.63, 3.8) is 0 Å². The van der Waals surface area contributed by atoms with Crippen LogP contribution in [0.1, 0.15) is 24.1 Å². The summed E-state index contributed by atoms with van der Waals surface area (Å²) in [4.78, 5) is 4.29. The first-order valence-corrected chi connectivity index (χ1v) is 4.54. The standard InChI is InChI=1S/C9H13N3O.ClH/c1-2-3-8-11-9(13-12-8)7-4-5-10-6-7;/h2,7,10H,1,3-6H2;1H. The molecule has 0 saturated carbocycles. The molecule has 1 aromatic heterocycles. The maximum Gasteiger partial charge on any atom is 0.231 e. The van der Waals surface area contributed by atoms with Crippen molar-refractivity contribution >= 4 is 12.4 Å². The summed E-state index contributed by atoms with van der Waals surface area (Å²) in [5.41, 5.74) is 0. The van der Waals surface area contributed by atoms with Gasteiger partial charge in [0.05, 0.1) is 5.92 Å². The molecule has 1 aromatic rings. The number of allylic oxidation sites excluding steroid dienone is 1. The van der Waals surface area contributed by atoms with Gasteiger partial charge in [-0.05, 0) is 13.0 Å². The lowest BCUT2D eigenvalue weighted by molar-refractivity contribution is 0.355. The minimum atomic E-state index is 0. The largest absolute Gasteiger partial charge is 0.339 e. The Hall–Kier alpha value is -0.870. The van der Waals surface area contributed by atoms with Gasteiger partial charge in [-0.1, -0.05) is 11.2 Å². The summed E-state index contributed by atoms with van der Waals surface area (Å²) in [5, 5.41) is 7.13. The van der Waals surface area contributed by atoms with Gasteiger partial charge in [-0.15, -0.1) is 19.0 Å². The second-order valence-corrected chi connectivity index (χ2v) is 3.23. The van der Waals surface area contributed by atoms with Crippen LogP contribution < -0.4 is 5.32 Å². The summed E-state index contributed by atoms with van der Waals surface area (Å²) in [6.07, 6.45) is 3.56. The highest BCUT2D eigenvalue weighted by Gasteiger charge is 2.22. The molecule has 78 valence electrons. The molecule has 14 heavy (non-hydrogen) atoms. The van der Waals surface area contributed by atoms with Gasteiger partial charge in [-0.2, -0.15) is 4.98 Å². The van der Waals surface area contributed by atoms with Crippen LogP contribution in [0.5, 0.6) is 0 Å². The van der Waals surface area contributed by atoms with Gasteiger partial charge in [0, 0.05) is 13.0 Å². The smallest absolute Gasteiger partial charge is 0.231 e. The molecule has 1 fully saturated rings. The van der Waals surface area contributed by atoms with E-state index in [-0.39, 0.29) is 12.4 Å². The van der Waals surface area contributed by atoms with Gasteiger partial charge in [0.2, 0.25) is 5.89 Å². The van der Waals surface area contributed by atoms with Crippen molar-refractivity contribution in [3.8, 4) is 0 Å². The van der Waals surface area contributed by atoms with E-state index >= 15 is 0 Å². The van der Waals surface area contributed by atoms with E-state index in [9.17, 15) is 0 Å². The third kappa shape index (κ3) is 2.33. The zero-order chi connectivity index (χ0) is 9.10. The highest BCUT2D eigenvalue weighted by molar-refractivity contribution is 5.85. The SMILES string of the molecule is C=CCc1noc(C2CCNC2)n1.Cl. The fraction of sp³-hybridized carbons (Fsp3) is 0.556. The van der Waals surface area contributed by atoms with Gasteiger partial charge in [0.25, 0.3) is 0 Å². The Morgan fingerprint density at radius 1 is 1.64 bits per heavy atom. The summed E-state index contributed by atoms with van der Waals surface area (Å²) >= 11 is 0. The van der Waals surface area contributed by atoms with Gasteiger partial charge >= 0.3 is 0 Å². The Morgan fingerprint density at radius 3 is 3.14 bits per heavy atom. The second-order valence-electron chi connectivity index (χ2n) is 3.23. The molecule has 1 aliphatic heterocycles. The molecule has 4 nitrogen and oxygen atoms in total. The van der Waals surface area contributed by atoms with Gasteiger partial charge in [-0.3, -0.25) is 0 Å². The molecule has 1 N–H and O–H groups in total. The summed E-state index contributed by atoms with van der Waals surface area (Å²) in [7, 11) is 0. The van der Waals surface area contributed by atoms with Crippen LogP contribution in [0.25, 0.3) is 0 Å². The molecule has 0 bridgehead atoms. The lowest BCUT2D eigenvalue weighted by atomic mass is 10.1. The predicted octanol–water partition coefficient (Wildman–Crippen LogP) is 1.30. The molecule has 2 rings (SSSR count).